The van der Waals surface area contributed by atoms with E-state index >= 15 is 0 Å². The second-order valence-electron chi connectivity index (χ2n) is 8.76. The largest absolute Gasteiger partial charge is 0.351 e. The molecule has 0 unspecified atom stereocenters. The standard InChI is InChI=1S/C20H28N2O3/c1-13(20-10-14-7-15(11-20)9-16(8-14)12-20)6-17(23)21-4-5-22-18(24)2-3-19(22)25/h6,14-16H,2-5,7-12H2,1H3,(H,21,23). The fraction of sp³-hybridized carbons (Fsp3) is 0.750. The van der Waals surface area contributed by atoms with Gasteiger partial charge in [0.05, 0.1) is 0 Å². The molecule has 5 aliphatic rings. The summed E-state index contributed by atoms with van der Waals surface area (Å²) < 4.78 is 0. The zero-order valence-electron chi connectivity index (χ0n) is 15.1. The number of hydrogen-bond acceptors (Lipinski definition) is 3. The minimum atomic E-state index is -0.125. The van der Waals surface area contributed by atoms with E-state index < -0.39 is 0 Å². The number of allylic oxidation sites excluding steroid dienone is 1. The van der Waals surface area contributed by atoms with Gasteiger partial charge in [-0.2, -0.15) is 0 Å². The number of carbonyl (C=O) groups is 3. The molecule has 0 aromatic heterocycles. The van der Waals surface area contributed by atoms with Crippen molar-refractivity contribution >= 4 is 17.7 Å². The molecule has 5 rings (SSSR count). The predicted octanol–water partition coefficient (Wildman–Crippen LogP) is 2.41. The van der Waals surface area contributed by atoms with E-state index in [0.29, 0.717) is 19.4 Å². The van der Waals surface area contributed by atoms with Crippen LogP contribution in [0.2, 0.25) is 0 Å². The normalized spacial score (nSPS) is 37.1. The van der Waals surface area contributed by atoms with Crippen LogP contribution in [0.25, 0.3) is 0 Å². The number of rotatable bonds is 5. The zero-order valence-corrected chi connectivity index (χ0v) is 15.1. The summed E-state index contributed by atoms with van der Waals surface area (Å²) in [7, 11) is 0. The highest BCUT2D eigenvalue weighted by Crippen LogP contribution is 2.62. The molecule has 1 aliphatic heterocycles. The van der Waals surface area contributed by atoms with Gasteiger partial charge in [-0.25, -0.2) is 0 Å². The molecule has 1 saturated heterocycles. The van der Waals surface area contributed by atoms with Gasteiger partial charge in [-0.15, -0.1) is 0 Å². The van der Waals surface area contributed by atoms with Crippen molar-refractivity contribution in [2.24, 2.45) is 23.2 Å². The van der Waals surface area contributed by atoms with E-state index in [-0.39, 0.29) is 29.7 Å². The first-order valence-corrected chi connectivity index (χ1v) is 9.75. The van der Waals surface area contributed by atoms with Crippen LogP contribution in [0.4, 0.5) is 0 Å². The van der Waals surface area contributed by atoms with E-state index in [1.165, 1.54) is 49.0 Å². The van der Waals surface area contributed by atoms with Crippen LogP contribution in [0.1, 0.15) is 58.3 Å². The molecule has 4 aliphatic carbocycles. The molecular weight excluding hydrogens is 316 g/mol. The van der Waals surface area contributed by atoms with Gasteiger partial charge in [0.25, 0.3) is 0 Å². The lowest BCUT2D eigenvalue weighted by atomic mass is 9.48. The Labute approximate surface area is 149 Å². The van der Waals surface area contributed by atoms with Gasteiger partial charge in [0.1, 0.15) is 0 Å². The topological polar surface area (TPSA) is 66.5 Å². The molecule has 1 N–H and O–H groups in total. The summed E-state index contributed by atoms with van der Waals surface area (Å²) in [5.74, 6) is 2.26. The monoisotopic (exact) mass is 344 g/mol. The molecule has 4 bridgehead atoms. The quantitative estimate of drug-likeness (QED) is 0.615. The molecule has 136 valence electrons. The Morgan fingerprint density at radius 3 is 2.12 bits per heavy atom. The SMILES string of the molecule is CC(=CC(=O)NCCN1C(=O)CCC1=O)C12CC3CC(CC(C3)C1)C2. The third-order valence-electron chi connectivity index (χ3n) is 7.01. The van der Waals surface area contributed by atoms with Crippen LogP contribution in [-0.4, -0.2) is 35.7 Å². The molecule has 5 nitrogen and oxygen atoms in total. The molecule has 0 radical (unpaired) electrons. The van der Waals surface area contributed by atoms with E-state index in [0.717, 1.165) is 17.8 Å². The van der Waals surface area contributed by atoms with Gasteiger partial charge in [0.15, 0.2) is 0 Å². The Morgan fingerprint density at radius 2 is 1.60 bits per heavy atom. The number of imide groups is 1. The Balaban J connectivity index is 1.33. The second-order valence-corrected chi connectivity index (χ2v) is 8.76. The fourth-order valence-corrected chi connectivity index (χ4v) is 6.16. The van der Waals surface area contributed by atoms with Crippen molar-refractivity contribution in [2.45, 2.75) is 58.3 Å². The lowest BCUT2D eigenvalue weighted by Gasteiger charge is -2.57. The van der Waals surface area contributed by atoms with Gasteiger partial charge in [-0.1, -0.05) is 5.57 Å². The number of nitrogens with zero attached hydrogens (tertiary/aromatic N) is 1. The highest BCUT2D eigenvalue weighted by atomic mass is 16.2. The zero-order chi connectivity index (χ0) is 17.6. The molecule has 0 aromatic carbocycles. The van der Waals surface area contributed by atoms with Crippen LogP contribution in [0, 0.1) is 23.2 Å². The minimum Gasteiger partial charge on any atom is -0.351 e. The van der Waals surface area contributed by atoms with Crippen molar-refractivity contribution in [3.8, 4) is 0 Å². The number of likely N-dealkylation sites (tertiary alicyclic amines) is 1. The third-order valence-corrected chi connectivity index (χ3v) is 7.01. The maximum atomic E-state index is 12.3. The highest BCUT2D eigenvalue weighted by Gasteiger charge is 2.51. The molecule has 0 atom stereocenters. The summed E-state index contributed by atoms with van der Waals surface area (Å²) in [5, 5.41) is 2.85. The lowest BCUT2D eigenvalue weighted by Crippen LogP contribution is -2.46. The van der Waals surface area contributed by atoms with Crippen molar-refractivity contribution in [2.75, 3.05) is 13.1 Å². The Morgan fingerprint density at radius 1 is 1.08 bits per heavy atom. The molecule has 1 heterocycles. The van der Waals surface area contributed by atoms with Gasteiger partial charge < -0.3 is 5.32 Å². The Kier molecular flexibility index (Phi) is 4.20. The molecule has 25 heavy (non-hydrogen) atoms. The van der Waals surface area contributed by atoms with Crippen molar-refractivity contribution in [1.29, 1.82) is 0 Å². The maximum absolute atomic E-state index is 12.3. The van der Waals surface area contributed by atoms with E-state index in [2.05, 4.69) is 12.2 Å². The van der Waals surface area contributed by atoms with Crippen LogP contribution in [-0.2, 0) is 14.4 Å². The van der Waals surface area contributed by atoms with Gasteiger partial charge in [-0.3, -0.25) is 19.3 Å². The molecular formula is C20H28N2O3. The number of nitrogens with one attached hydrogen (secondary N) is 1. The molecule has 5 heteroatoms. The third kappa shape index (κ3) is 3.13. The molecule has 3 amide bonds. The summed E-state index contributed by atoms with van der Waals surface area (Å²) in [4.78, 5) is 36.7. The fourth-order valence-electron chi connectivity index (χ4n) is 6.16. The lowest BCUT2D eigenvalue weighted by molar-refractivity contribution is -0.138. The van der Waals surface area contributed by atoms with Crippen molar-refractivity contribution in [3.63, 3.8) is 0 Å². The molecule has 0 aromatic rings. The van der Waals surface area contributed by atoms with Gasteiger partial charge >= 0.3 is 0 Å². The van der Waals surface area contributed by atoms with E-state index in [1.54, 1.807) is 6.08 Å². The first kappa shape index (κ1) is 16.8. The average molecular weight is 344 g/mol. The van der Waals surface area contributed by atoms with Crippen LogP contribution in [0.3, 0.4) is 0 Å². The van der Waals surface area contributed by atoms with Crippen molar-refractivity contribution < 1.29 is 14.4 Å². The van der Waals surface area contributed by atoms with E-state index in [1.807, 2.05) is 0 Å². The average Bonchev–Trinajstić information content (AvgIpc) is 2.85. The van der Waals surface area contributed by atoms with E-state index in [9.17, 15) is 14.4 Å². The molecule has 4 saturated carbocycles. The summed E-state index contributed by atoms with van der Waals surface area (Å²) in [6, 6.07) is 0. The van der Waals surface area contributed by atoms with Crippen LogP contribution < -0.4 is 5.32 Å². The maximum Gasteiger partial charge on any atom is 0.244 e. The summed E-state index contributed by atoms with van der Waals surface area (Å²) in [6.45, 7) is 2.74. The van der Waals surface area contributed by atoms with Crippen LogP contribution in [0.5, 0.6) is 0 Å². The van der Waals surface area contributed by atoms with Crippen molar-refractivity contribution in [3.05, 3.63) is 11.6 Å². The van der Waals surface area contributed by atoms with Crippen molar-refractivity contribution in [1.82, 2.24) is 10.2 Å². The second kappa shape index (κ2) is 6.26. The molecule has 0 spiro atoms. The Bertz CT molecular complexity index is 586. The van der Waals surface area contributed by atoms with Crippen LogP contribution >= 0.6 is 0 Å². The predicted molar refractivity (Wildman–Crippen MR) is 93.3 cm³/mol. The number of hydrogen-bond donors (Lipinski definition) is 1. The number of amides is 3. The smallest absolute Gasteiger partial charge is 0.244 e. The summed E-state index contributed by atoms with van der Waals surface area (Å²) >= 11 is 0. The van der Waals surface area contributed by atoms with Gasteiger partial charge in [0, 0.05) is 32.0 Å². The van der Waals surface area contributed by atoms with Gasteiger partial charge in [0.2, 0.25) is 17.7 Å². The first-order valence-electron chi connectivity index (χ1n) is 9.75. The summed E-state index contributed by atoms with van der Waals surface area (Å²) in [5.41, 5.74) is 1.49. The van der Waals surface area contributed by atoms with E-state index in [4.69, 9.17) is 0 Å². The van der Waals surface area contributed by atoms with Crippen LogP contribution in [0.15, 0.2) is 11.6 Å². The molecule has 5 fully saturated rings. The highest BCUT2D eigenvalue weighted by molar-refractivity contribution is 6.02. The number of carbonyl (C=O) groups excluding carboxylic acids is 3. The van der Waals surface area contributed by atoms with Gasteiger partial charge in [-0.05, 0) is 68.6 Å². The summed E-state index contributed by atoms with van der Waals surface area (Å²) in [6.07, 6.45) is 10.3. The minimum absolute atomic E-state index is 0.0904. The Hall–Kier alpha value is -1.65. The first-order chi connectivity index (χ1) is 11.9.